The summed E-state index contributed by atoms with van der Waals surface area (Å²) in [6.07, 6.45) is 4.13. The van der Waals surface area contributed by atoms with Crippen LogP contribution in [-0.4, -0.2) is 5.71 Å². The van der Waals surface area contributed by atoms with Crippen LogP contribution < -0.4 is 0 Å². The van der Waals surface area contributed by atoms with Gasteiger partial charge in [-0.15, -0.1) is 0 Å². The molecule has 1 aliphatic rings. The zero-order chi connectivity index (χ0) is 11.5. The summed E-state index contributed by atoms with van der Waals surface area (Å²) in [5, 5.41) is 0. The fourth-order valence-corrected chi connectivity index (χ4v) is 1.90. The highest BCUT2D eigenvalue weighted by molar-refractivity contribution is 6.11. The zero-order valence-electron chi connectivity index (χ0n) is 9.38. The molecule has 1 heterocycles. The summed E-state index contributed by atoms with van der Waals surface area (Å²) >= 11 is 0. The van der Waals surface area contributed by atoms with E-state index in [4.69, 9.17) is 0 Å². The van der Waals surface area contributed by atoms with Crippen molar-refractivity contribution in [1.29, 1.82) is 0 Å². The van der Waals surface area contributed by atoms with E-state index in [1.54, 1.807) is 0 Å². The molecule has 0 saturated heterocycles. The second-order valence-corrected chi connectivity index (χ2v) is 3.95. The molecule has 0 aliphatic carbocycles. The molecule has 0 saturated carbocycles. The Labute approximate surface area is 101 Å². The van der Waals surface area contributed by atoms with Gasteiger partial charge in [0.05, 0.1) is 5.71 Å². The van der Waals surface area contributed by atoms with E-state index in [0.29, 0.717) is 0 Å². The minimum Gasteiger partial charge on any atom is -0.266 e. The van der Waals surface area contributed by atoms with E-state index >= 15 is 0 Å². The molecule has 0 bridgehead atoms. The van der Waals surface area contributed by atoms with Gasteiger partial charge in [-0.2, -0.15) is 0 Å². The van der Waals surface area contributed by atoms with Crippen LogP contribution in [0.2, 0.25) is 0 Å². The molecule has 0 unspecified atom stereocenters. The standard InChI is InChI=1S/C16H12N/c1-3-7-13(8-4-1)15-11-12-16(17-15)14-9-5-2-6-10-14/h1-12H. The second kappa shape index (κ2) is 4.38. The average Bonchev–Trinajstić information content (AvgIpc) is 2.90. The number of hydrogen-bond donors (Lipinski definition) is 0. The Bertz CT molecular complexity index is 553. The molecular weight excluding hydrogens is 206 g/mol. The van der Waals surface area contributed by atoms with Crippen LogP contribution in [0, 0.1) is 6.04 Å². The molecule has 0 aromatic heterocycles. The molecule has 81 valence electrons. The van der Waals surface area contributed by atoms with Gasteiger partial charge in [-0.3, -0.25) is 4.99 Å². The van der Waals surface area contributed by atoms with Gasteiger partial charge < -0.3 is 0 Å². The molecule has 0 atom stereocenters. The highest BCUT2D eigenvalue weighted by Crippen LogP contribution is 2.23. The molecule has 1 nitrogen and oxygen atoms in total. The quantitative estimate of drug-likeness (QED) is 0.730. The summed E-state index contributed by atoms with van der Waals surface area (Å²) in [6, 6.07) is 21.5. The summed E-state index contributed by atoms with van der Waals surface area (Å²) in [6.45, 7) is 0. The summed E-state index contributed by atoms with van der Waals surface area (Å²) in [7, 11) is 0. The fourth-order valence-electron chi connectivity index (χ4n) is 1.90. The molecule has 2 aromatic rings. The van der Waals surface area contributed by atoms with E-state index in [2.05, 4.69) is 41.4 Å². The molecule has 0 N–H and O–H groups in total. The summed E-state index contributed by atoms with van der Waals surface area (Å²) in [5.74, 6) is 0. The topological polar surface area (TPSA) is 12.4 Å². The lowest BCUT2D eigenvalue weighted by Crippen LogP contribution is -1.94. The van der Waals surface area contributed by atoms with Gasteiger partial charge in [-0.05, 0) is 23.3 Å². The molecule has 1 radical (unpaired) electrons. The van der Waals surface area contributed by atoms with Crippen LogP contribution in [0.1, 0.15) is 11.1 Å². The number of hydrogen-bond acceptors (Lipinski definition) is 1. The second-order valence-electron chi connectivity index (χ2n) is 3.95. The van der Waals surface area contributed by atoms with Gasteiger partial charge in [0.1, 0.15) is 6.04 Å². The summed E-state index contributed by atoms with van der Waals surface area (Å²) < 4.78 is 0. The lowest BCUT2D eigenvalue weighted by atomic mass is 10.1. The Morgan fingerprint density at radius 2 is 1.18 bits per heavy atom. The van der Waals surface area contributed by atoms with E-state index in [0.717, 1.165) is 22.9 Å². The van der Waals surface area contributed by atoms with Gasteiger partial charge in [0.25, 0.3) is 0 Å². The normalized spacial score (nSPS) is 14.9. The van der Waals surface area contributed by atoms with Crippen molar-refractivity contribution in [2.45, 2.75) is 0 Å². The maximum Gasteiger partial charge on any atom is 0.138 e. The van der Waals surface area contributed by atoms with Crippen molar-refractivity contribution in [3.05, 3.63) is 90.0 Å². The number of benzene rings is 2. The van der Waals surface area contributed by atoms with E-state index in [1.165, 1.54) is 0 Å². The Kier molecular flexibility index (Phi) is 2.59. The fraction of sp³-hybridized carbons (Fsp3) is 0. The SMILES string of the molecule is C1=CC(c2ccccc2)=N[C]1c1ccccc1. The van der Waals surface area contributed by atoms with Crippen molar-refractivity contribution in [2.24, 2.45) is 4.99 Å². The van der Waals surface area contributed by atoms with Crippen LogP contribution >= 0.6 is 0 Å². The van der Waals surface area contributed by atoms with E-state index in [9.17, 15) is 0 Å². The highest BCUT2D eigenvalue weighted by Gasteiger charge is 2.14. The first-order chi connectivity index (χ1) is 8.43. The monoisotopic (exact) mass is 218 g/mol. The lowest BCUT2D eigenvalue weighted by Gasteiger charge is -2.03. The number of rotatable bonds is 2. The van der Waals surface area contributed by atoms with Crippen LogP contribution in [0.5, 0.6) is 0 Å². The van der Waals surface area contributed by atoms with Gasteiger partial charge in [0.2, 0.25) is 0 Å². The minimum atomic E-state index is 1.03. The molecule has 0 amide bonds. The predicted molar refractivity (Wildman–Crippen MR) is 70.9 cm³/mol. The first-order valence-electron chi connectivity index (χ1n) is 5.68. The zero-order valence-corrected chi connectivity index (χ0v) is 9.38. The van der Waals surface area contributed by atoms with Crippen molar-refractivity contribution < 1.29 is 0 Å². The van der Waals surface area contributed by atoms with Crippen LogP contribution in [0.4, 0.5) is 0 Å². The molecule has 0 spiro atoms. The summed E-state index contributed by atoms with van der Waals surface area (Å²) in [4.78, 5) is 4.65. The van der Waals surface area contributed by atoms with Crippen molar-refractivity contribution in [1.82, 2.24) is 0 Å². The van der Waals surface area contributed by atoms with Crippen molar-refractivity contribution in [3.8, 4) is 0 Å². The molecule has 1 aliphatic heterocycles. The van der Waals surface area contributed by atoms with Gasteiger partial charge in [0.15, 0.2) is 0 Å². The highest BCUT2D eigenvalue weighted by atomic mass is 14.8. The largest absolute Gasteiger partial charge is 0.266 e. The third kappa shape index (κ3) is 2.04. The lowest BCUT2D eigenvalue weighted by molar-refractivity contribution is 1.21. The number of aliphatic imine (C=N–C) groups is 1. The van der Waals surface area contributed by atoms with Crippen molar-refractivity contribution in [3.63, 3.8) is 0 Å². The molecule has 0 fully saturated rings. The molecule has 17 heavy (non-hydrogen) atoms. The smallest absolute Gasteiger partial charge is 0.138 e. The number of allylic oxidation sites excluding steroid dienone is 1. The van der Waals surface area contributed by atoms with Crippen LogP contribution in [0.15, 0.2) is 77.8 Å². The maximum absolute atomic E-state index is 4.65. The van der Waals surface area contributed by atoms with Gasteiger partial charge in [-0.1, -0.05) is 60.7 Å². The molecule has 2 aromatic carbocycles. The van der Waals surface area contributed by atoms with Gasteiger partial charge in [-0.25, -0.2) is 0 Å². The van der Waals surface area contributed by atoms with Gasteiger partial charge in [0, 0.05) is 0 Å². The Morgan fingerprint density at radius 1 is 0.588 bits per heavy atom. The Balaban J connectivity index is 1.91. The Hall–Kier alpha value is -2.15. The third-order valence-corrected chi connectivity index (χ3v) is 2.78. The van der Waals surface area contributed by atoms with Gasteiger partial charge >= 0.3 is 0 Å². The van der Waals surface area contributed by atoms with Crippen LogP contribution in [0.25, 0.3) is 0 Å². The van der Waals surface area contributed by atoms with E-state index in [1.807, 2.05) is 36.4 Å². The predicted octanol–water partition coefficient (Wildman–Crippen LogP) is 3.63. The maximum atomic E-state index is 4.65. The molecular formula is C16H12N. The first-order valence-corrected chi connectivity index (χ1v) is 5.68. The minimum absolute atomic E-state index is 1.03. The summed E-state index contributed by atoms with van der Waals surface area (Å²) in [5.41, 5.74) is 3.36. The molecule has 3 rings (SSSR count). The van der Waals surface area contributed by atoms with Crippen molar-refractivity contribution in [2.75, 3.05) is 0 Å². The van der Waals surface area contributed by atoms with Crippen LogP contribution in [-0.2, 0) is 0 Å². The Morgan fingerprint density at radius 3 is 1.82 bits per heavy atom. The third-order valence-electron chi connectivity index (χ3n) is 2.78. The first kappa shape index (κ1) is 10.0. The van der Waals surface area contributed by atoms with Crippen molar-refractivity contribution >= 4 is 5.71 Å². The molecule has 1 heteroatoms. The van der Waals surface area contributed by atoms with E-state index < -0.39 is 0 Å². The number of nitrogens with zero attached hydrogens (tertiary/aromatic N) is 1. The average molecular weight is 218 g/mol. The van der Waals surface area contributed by atoms with Crippen LogP contribution in [0.3, 0.4) is 0 Å². The van der Waals surface area contributed by atoms with E-state index in [-0.39, 0.29) is 0 Å².